The first-order valence-electron chi connectivity index (χ1n) is 6.52. The SMILES string of the molecule is Cc1cc2c(NCc3ccccn3)nc(C(F)(F)F)nc2[nH]1. The van der Waals surface area contributed by atoms with Gasteiger partial charge in [-0.1, -0.05) is 6.07 Å². The highest BCUT2D eigenvalue weighted by atomic mass is 19.4. The number of anilines is 1. The van der Waals surface area contributed by atoms with Gasteiger partial charge in [0.2, 0.25) is 5.82 Å². The highest BCUT2D eigenvalue weighted by Gasteiger charge is 2.35. The largest absolute Gasteiger partial charge is 0.451 e. The fourth-order valence-electron chi connectivity index (χ4n) is 2.08. The first-order chi connectivity index (χ1) is 10.4. The molecule has 0 amide bonds. The minimum atomic E-state index is -4.60. The van der Waals surface area contributed by atoms with Gasteiger partial charge in [0.1, 0.15) is 11.5 Å². The molecule has 2 N–H and O–H groups in total. The van der Waals surface area contributed by atoms with Crippen LogP contribution in [0.5, 0.6) is 0 Å². The van der Waals surface area contributed by atoms with Gasteiger partial charge in [-0.05, 0) is 25.1 Å². The van der Waals surface area contributed by atoms with E-state index in [1.807, 2.05) is 0 Å². The maximum Gasteiger partial charge on any atom is 0.451 e. The van der Waals surface area contributed by atoms with Crippen LogP contribution in [0.2, 0.25) is 0 Å². The maximum atomic E-state index is 12.9. The molecule has 3 heterocycles. The average Bonchev–Trinajstić information content (AvgIpc) is 2.85. The molecule has 114 valence electrons. The molecule has 0 bridgehead atoms. The number of aromatic nitrogens is 4. The lowest BCUT2D eigenvalue weighted by Gasteiger charge is -2.10. The smallest absolute Gasteiger partial charge is 0.364 e. The lowest BCUT2D eigenvalue weighted by Crippen LogP contribution is -2.13. The molecule has 0 aromatic carbocycles. The number of halogens is 3. The van der Waals surface area contributed by atoms with Gasteiger partial charge in [0.05, 0.1) is 17.6 Å². The fraction of sp³-hybridized carbons (Fsp3) is 0.214. The van der Waals surface area contributed by atoms with Gasteiger partial charge >= 0.3 is 6.18 Å². The van der Waals surface area contributed by atoms with Crippen LogP contribution < -0.4 is 5.32 Å². The minimum absolute atomic E-state index is 0.132. The van der Waals surface area contributed by atoms with Crippen molar-refractivity contribution in [3.63, 3.8) is 0 Å². The summed E-state index contributed by atoms with van der Waals surface area (Å²) in [5.41, 5.74) is 1.57. The molecule has 0 atom stereocenters. The first kappa shape index (κ1) is 14.3. The molecule has 3 aromatic heterocycles. The number of hydrogen-bond acceptors (Lipinski definition) is 4. The number of H-pyrrole nitrogens is 1. The van der Waals surface area contributed by atoms with Crippen LogP contribution in [-0.2, 0) is 12.7 Å². The Bertz CT molecular complexity index is 795. The predicted octanol–water partition coefficient (Wildman–Crippen LogP) is 3.29. The van der Waals surface area contributed by atoms with E-state index in [1.165, 1.54) is 0 Å². The van der Waals surface area contributed by atoms with Crippen molar-refractivity contribution in [1.29, 1.82) is 0 Å². The van der Waals surface area contributed by atoms with Crippen molar-refractivity contribution in [2.45, 2.75) is 19.6 Å². The molecule has 0 unspecified atom stereocenters. The molecule has 3 rings (SSSR count). The van der Waals surface area contributed by atoms with Crippen LogP contribution in [0, 0.1) is 6.92 Å². The zero-order valence-electron chi connectivity index (χ0n) is 11.6. The summed E-state index contributed by atoms with van der Waals surface area (Å²) >= 11 is 0. The minimum Gasteiger partial charge on any atom is -0.364 e. The lowest BCUT2D eigenvalue weighted by atomic mass is 10.3. The molecule has 0 aliphatic heterocycles. The summed E-state index contributed by atoms with van der Waals surface area (Å²) in [4.78, 5) is 14.1. The van der Waals surface area contributed by atoms with E-state index in [0.29, 0.717) is 16.8 Å². The summed E-state index contributed by atoms with van der Waals surface area (Å²) in [6.45, 7) is 2.02. The zero-order valence-corrected chi connectivity index (χ0v) is 11.6. The van der Waals surface area contributed by atoms with Crippen molar-refractivity contribution in [2.24, 2.45) is 0 Å². The Morgan fingerprint density at radius 3 is 2.73 bits per heavy atom. The topological polar surface area (TPSA) is 66.5 Å². The number of alkyl halides is 3. The van der Waals surface area contributed by atoms with Gasteiger partial charge in [-0.2, -0.15) is 13.2 Å². The highest BCUT2D eigenvalue weighted by Crippen LogP contribution is 2.30. The van der Waals surface area contributed by atoms with Crippen LogP contribution in [0.3, 0.4) is 0 Å². The molecule has 0 radical (unpaired) electrons. The van der Waals surface area contributed by atoms with Crippen molar-refractivity contribution in [3.05, 3.63) is 47.7 Å². The normalized spacial score (nSPS) is 11.8. The van der Waals surface area contributed by atoms with E-state index in [9.17, 15) is 13.2 Å². The molecule has 0 spiro atoms. The van der Waals surface area contributed by atoms with Crippen LogP contribution in [-0.4, -0.2) is 19.9 Å². The Kier molecular flexibility index (Phi) is 3.44. The Morgan fingerprint density at radius 1 is 1.23 bits per heavy atom. The maximum absolute atomic E-state index is 12.9. The second kappa shape index (κ2) is 5.28. The molecule has 0 aliphatic carbocycles. The van der Waals surface area contributed by atoms with Crippen LogP contribution in [0.4, 0.5) is 19.0 Å². The number of hydrogen-bond donors (Lipinski definition) is 2. The van der Waals surface area contributed by atoms with Crippen molar-refractivity contribution < 1.29 is 13.2 Å². The van der Waals surface area contributed by atoms with Crippen molar-refractivity contribution in [2.75, 3.05) is 5.32 Å². The summed E-state index contributed by atoms with van der Waals surface area (Å²) in [7, 11) is 0. The number of aromatic amines is 1. The van der Waals surface area contributed by atoms with Gasteiger partial charge in [0.25, 0.3) is 0 Å². The molecule has 0 saturated carbocycles. The number of rotatable bonds is 3. The standard InChI is InChI=1S/C14H12F3N5/c1-8-6-10-11(19-7-9-4-2-3-5-18-9)21-13(14(15,16)17)22-12(10)20-8/h2-6H,7H2,1H3,(H2,19,20,21,22). The van der Waals surface area contributed by atoms with E-state index >= 15 is 0 Å². The van der Waals surface area contributed by atoms with Gasteiger partial charge in [-0.3, -0.25) is 4.98 Å². The average molecular weight is 307 g/mol. The van der Waals surface area contributed by atoms with Crippen molar-refractivity contribution in [1.82, 2.24) is 19.9 Å². The van der Waals surface area contributed by atoms with Crippen LogP contribution in [0.1, 0.15) is 17.2 Å². The van der Waals surface area contributed by atoms with E-state index in [1.54, 1.807) is 37.4 Å². The Hall–Kier alpha value is -2.64. The van der Waals surface area contributed by atoms with Crippen LogP contribution >= 0.6 is 0 Å². The van der Waals surface area contributed by atoms with Gasteiger partial charge in [0, 0.05) is 11.9 Å². The van der Waals surface area contributed by atoms with Crippen molar-refractivity contribution in [3.8, 4) is 0 Å². The van der Waals surface area contributed by atoms with E-state index in [4.69, 9.17) is 0 Å². The summed E-state index contributed by atoms with van der Waals surface area (Å²) in [5.74, 6) is -1.04. The van der Waals surface area contributed by atoms with E-state index in [2.05, 4.69) is 25.3 Å². The predicted molar refractivity (Wildman–Crippen MR) is 75.2 cm³/mol. The molecule has 0 fully saturated rings. The highest BCUT2D eigenvalue weighted by molar-refractivity contribution is 5.87. The van der Waals surface area contributed by atoms with E-state index < -0.39 is 12.0 Å². The van der Waals surface area contributed by atoms with Crippen molar-refractivity contribution >= 4 is 16.9 Å². The van der Waals surface area contributed by atoms with Gasteiger partial charge in [-0.15, -0.1) is 0 Å². The third-order valence-corrected chi connectivity index (χ3v) is 3.04. The van der Waals surface area contributed by atoms with Crippen LogP contribution in [0.25, 0.3) is 11.0 Å². The molecule has 8 heteroatoms. The Balaban J connectivity index is 1.99. The molecule has 22 heavy (non-hydrogen) atoms. The summed E-state index contributed by atoms with van der Waals surface area (Å²) in [6, 6.07) is 7.06. The number of nitrogens with zero attached hydrogens (tertiary/aromatic N) is 3. The fourth-order valence-corrected chi connectivity index (χ4v) is 2.08. The van der Waals surface area contributed by atoms with Gasteiger partial charge in [-0.25, -0.2) is 9.97 Å². The Labute approximate surface area is 123 Å². The third-order valence-electron chi connectivity index (χ3n) is 3.04. The molecule has 5 nitrogen and oxygen atoms in total. The van der Waals surface area contributed by atoms with Gasteiger partial charge in [0.15, 0.2) is 0 Å². The molecule has 0 saturated heterocycles. The first-order valence-corrected chi connectivity index (χ1v) is 6.52. The number of aryl methyl sites for hydroxylation is 1. The molecular formula is C14H12F3N5. The molecule has 3 aromatic rings. The van der Waals surface area contributed by atoms with E-state index in [-0.39, 0.29) is 18.0 Å². The number of fused-ring (bicyclic) bond motifs is 1. The zero-order chi connectivity index (χ0) is 15.7. The monoisotopic (exact) mass is 307 g/mol. The van der Waals surface area contributed by atoms with Gasteiger partial charge < -0.3 is 10.3 Å². The summed E-state index contributed by atoms with van der Waals surface area (Å²) in [5, 5.41) is 3.41. The lowest BCUT2D eigenvalue weighted by molar-refractivity contribution is -0.144. The molecular weight excluding hydrogens is 295 g/mol. The number of pyridine rings is 1. The van der Waals surface area contributed by atoms with E-state index in [0.717, 1.165) is 0 Å². The quantitative estimate of drug-likeness (QED) is 0.779. The third kappa shape index (κ3) is 2.85. The van der Waals surface area contributed by atoms with Crippen LogP contribution in [0.15, 0.2) is 30.5 Å². The number of nitrogens with one attached hydrogen (secondary N) is 2. The second-order valence-electron chi connectivity index (χ2n) is 4.78. The molecule has 0 aliphatic rings. The summed E-state index contributed by atoms with van der Waals surface area (Å²) in [6.07, 6.45) is -2.98. The second-order valence-corrected chi connectivity index (χ2v) is 4.78. The summed E-state index contributed by atoms with van der Waals surface area (Å²) < 4.78 is 38.7. The Morgan fingerprint density at radius 2 is 2.05 bits per heavy atom.